The van der Waals surface area contributed by atoms with Gasteiger partial charge in [0, 0.05) is 25.2 Å². The normalized spacial score (nSPS) is 25.2. The lowest BCUT2D eigenvalue weighted by Crippen LogP contribution is -2.56. The van der Waals surface area contributed by atoms with E-state index in [1.54, 1.807) is 0 Å². The molecule has 0 amide bonds. The van der Waals surface area contributed by atoms with Gasteiger partial charge in [-0.15, -0.1) is 0 Å². The Morgan fingerprint density at radius 2 is 2.11 bits per heavy atom. The van der Waals surface area contributed by atoms with E-state index in [4.69, 9.17) is 0 Å². The maximum Gasteiger partial charge on any atom is 0.0599 e. The number of rotatable bonds is 5. The minimum Gasteiger partial charge on any atom is -0.395 e. The largest absolute Gasteiger partial charge is 0.395 e. The van der Waals surface area contributed by atoms with Gasteiger partial charge in [0.2, 0.25) is 0 Å². The molecule has 0 saturated carbocycles. The fraction of sp³-hybridized carbons (Fsp3) is 0.600. The van der Waals surface area contributed by atoms with Crippen molar-refractivity contribution in [3.05, 3.63) is 35.9 Å². The number of aryl methyl sites for hydroxylation is 1. The molecular formula is C15H24N2O. The second kappa shape index (κ2) is 6.88. The van der Waals surface area contributed by atoms with Crippen LogP contribution in [0.2, 0.25) is 0 Å². The van der Waals surface area contributed by atoms with Crippen molar-refractivity contribution in [1.29, 1.82) is 0 Å². The van der Waals surface area contributed by atoms with E-state index in [1.165, 1.54) is 5.56 Å². The first-order valence-electron chi connectivity index (χ1n) is 6.92. The minimum atomic E-state index is 0.255. The molecule has 1 fully saturated rings. The molecule has 0 bridgehead atoms. The molecule has 100 valence electrons. The molecule has 1 aromatic carbocycles. The molecule has 2 unspecified atom stereocenters. The zero-order chi connectivity index (χ0) is 12.8. The van der Waals surface area contributed by atoms with E-state index in [2.05, 4.69) is 47.5 Å². The second-order valence-electron chi connectivity index (χ2n) is 5.23. The summed E-state index contributed by atoms with van der Waals surface area (Å²) in [6.07, 6.45) is 2.28. The maximum atomic E-state index is 9.38. The molecule has 0 radical (unpaired) electrons. The molecule has 1 saturated heterocycles. The monoisotopic (exact) mass is 248 g/mol. The summed E-state index contributed by atoms with van der Waals surface area (Å²) >= 11 is 0. The van der Waals surface area contributed by atoms with Crippen LogP contribution in [0.4, 0.5) is 0 Å². The zero-order valence-corrected chi connectivity index (χ0v) is 11.2. The highest BCUT2D eigenvalue weighted by Gasteiger charge is 2.24. The topological polar surface area (TPSA) is 35.5 Å². The van der Waals surface area contributed by atoms with E-state index in [-0.39, 0.29) is 12.6 Å². The Kier molecular flexibility index (Phi) is 5.17. The maximum absolute atomic E-state index is 9.38. The van der Waals surface area contributed by atoms with Gasteiger partial charge in [0.05, 0.1) is 6.61 Å². The number of nitrogens with zero attached hydrogens (tertiary/aromatic N) is 1. The number of aliphatic hydroxyl groups is 1. The molecule has 0 aromatic heterocycles. The van der Waals surface area contributed by atoms with Crippen LogP contribution in [-0.2, 0) is 6.42 Å². The zero-order valence-electron chi connectivity index (χ0n) is 11.2. The fourth-order valence-corrected chi connectivity index (χ4v) is 2.62. The summed E-state index contributed by atoms with van der Waals surface area (Å²) in [5.74, 6) is 0. The quantitative estimate of drug-likeness (QED) is 0.824. The summed E-state index contributed by atoms with van der Waals surface area (Å²) in [7, 11) is 0. The van der Waals surface area contributed by atoms with E-state index >= 15 is 0 Å². The van der Waals surface area contributed by atoms with Crippen LogP contribution in [0.25, 0.3) is 0 Å². The van der Waals surface area contributed by atoms with Gasteiger partial charge in [-0.1, -0.05) is 30.3 Å². The van der Waals surface area contributed by atoms with Crippen molar-refractivity contribution in [3.63, 3.8) is 0 Å². The van der Waals surface area contributed by atoms with Crippen molar-refractivity contribution < 1.29 is 5.11 Å². The van der Waals surface area contributed by atoms with E-state index in [0.717, 1.165) is 32.5 Å². The Labute approximate surface area is 110 Å². The van der Waals surface area contributed by atoms with Crippen molar-refractivity contribution in [3.8, 4) is 0 Å². The van der Waals surface area contributed by atoms with Gasteiger partial charge in [-0.25, -0.2) is 0 Å². The van der Waals surface area contributed by atoms with Crippen LogP contribution in [0, 0.1) is 0 Å². The molecule has 2 atom stereocenters. The van der Waals surface area contributed by atoms with Crippen molar-refractivity contribution in [2.75, 3.05) is 26.2 Å². The second-order valence-corrected chi connectivity index (χ2v) is 5.23. The number of piperazine rings is 1. The molecule has 1 aliphatic rings. The predicted molar refractivity (Wildman–Crippen MR) is 74.7 cm³/mol. The molecular weight excluding hydrogens is 224 g/mol. The number of aliphatic hydroxyl groups excluding tert-OH is 1. The lowest BCUT2D eigenvalue weighted by molar-refractivity contribution is 0.0833. The summed E-state index contributed by atoms with van der Waals surface area (Å²) in [5.41, 5.74) is 1.40. The van der Waals surface area contributed by atoms with Gasteiger partial charge in [-0.3, -0.25) is 4.90 Å². The first kappa shape index (κ1) is 13.5. The summed E-state index contributed by atoms with van der Waals surface area (Å²) in [5, 5.41) is 12.8. The molecule has 18 heavy (non-hydrogen) atoms. The Balaban J connectivity index is 1.77. The number of nitrogens with one attached hydrogen (secondary N) is 1. The van der Waals surface area contributed by atoms with Gasteiger partial charge in [0.1, 0.15) is 0 Å². The van der Waals surface area contributed by atoms with E-state index in [9.17, 15) is 5.11 Å². The first-order chi connectivity index (χ1) is 8.79. The van der Waals surface area contributed by atoms with Crippen LogP contribution in [-0.4, -0.2) is 48.3 Å². The lowest BCUT2D eigenvalue weighted by Gasteiger charge is -2.38. The van der Waals surface area contributed by atoms with Gasteiger partial charge in [-0.05, 0) is 31.9 Å². The van der Waals surface area contributed by atoms with Crippen LogP contribution >= 0.6 is 0 Å². The third-order valence-corrected chi connectivity index (χ3v) is 3.69. The molecule has 1 aliphatic heterocycles. The summed E-state index contributed by atoms with van der Waals surface area (Å²) < 4.78 is 0. The van der Waals surface area contributed by atoms with Gasteiger partial charge in [0.15, 0.2) is 0 Å². The predicted octanol–water partition coefficient (Wildman–Crippen LogP) is 1.27. The smallest absolute Gasteiger partial charge is 0.0599 e. The van der Waals surface area contributed by atoms with Gasteiger partial charge in [-0.2, -0.15) is 0 Å². The number of hydrogen-bond acceptors (Lipinski definition) is 3. The Bertz CT molecular complexity index is 342. The Morgan fingerprint density at radius 1 is 1.33 bits per heavy atom. The van der Waals surface area contributed by atoms with Gasteiger partial charge in [0.25, 0.3) is 0 Å². The van der Waals surface area contributed by atoms with Crippen LogP contribution in [0.15, 0.2) is 30.3 Å². The molecule has 0 spiro atoms. The molecule has 1 aromatic rings. The molecule has 0 aliphatic carbocycles. The highest BCUT2D eigenvalue weighted by atomic mass is 16.3. The highest BCUT2D eigenvalue weighted by Crippen LogP contribution is 2.09. The van der Waals surface area contributed by atoms with Crippen molar-refractivity contribution in [2.24, 2.45) is 0 Å². The summed E-state index contributed by atoms with van der Waals surface area (Å²) in [6.45, 7) is 5.48. The number of benzene rings is 1. The van der Waals surface area contributed by atoms with E-state index < -0.39 is 0 Å². The van der Waals surface area contributed by atoms with E-state index in [1.807, 2.05) is 0 Å². The van der Waals surface area contributed by atoms with Gasteiger partial charge >= 0.3 is 0 Å². The van der Waals surface area contributed by atoms with Crippen molar-refractivity contribution in [2.45, 2.75) is 31.8 Å². The first-order valence-corrected chi connectivity index (χ1v) is 6.92. The molecule has 2 N–H and O–H groups in total. The standard InChI is InChI=1S/C15H24N2O/c1-13-11-17(15(12-18)10-16-13)9-5-8-14-6-3-2-4-7-14/h2-4,6-7,13,15-16,18H,5,8-12H2,1H3. The van der Waals surface area contributed by atoms with Crippen molar-refractivity contribution in [1.82, 2.24) is 10.2 Å². The summed E-state index contributed by atoms with van der Waals surface area (Å²) in [6, 6.07) is 11.4. The van der Waals surface area contributed by atoms with Crippen molar-refractivity contribution >= 4 is 0 Å². The molecule has 1 heterocycles. The SMILES string of the molecule is CC1CN(CCCc2ccccc2)C(CO)CN1. The molecule has 3 heteroatoms. The highest BCUT2D eigenvalue weighted by molar-refractivity contribution is 5.14. The Hall–Kier alpha value is -0.900. The van der Waals surface area contributed by atoms with E-state index in [0.29, 0.717) is 6.04 Å². The fourth-order valence-electron chi connectivity index (χ4n) is 2.62. The van der Waals surface area contributed by atoms with Crippen LogP contribution in [0.3, 0.4) is 0 Å². The lowest BCUT2D eigenvalue weighted by atomic mass is 10.1. The third kappa shape index (κ3) is 3.80. The van der Waals surface area contributed by atoms with Crippen LogP contribution < -0.4 is 5.32 Å². The third-order valence-electron chi connectivity index (χ3n) is 3.69. The van der Waals surface area contributed by atoms with Crippen LogP contribution in [0.5, 0.6) is 0 Å². The van der Waals surface area contributed by atoms with Gasteiger partial charge < -0.3 is 10.4 Å². The molecule has 2 rings (SSSR count). The Morgan fingerprint density at radius 3 is 2.83 bits per heavy atom. The van der Waals surface area contributed by atoms with Crippen LogP contribution in [0.1, 0.15) is 18.9 Å². The average Bonchev–Trinajstić information content (AvgIpc) is 2.40. The average molecular weight is 248 g/mol. The summed E-state index contributed by atoms with van der Waals surface area (Å²) in [4.78, 5) is 2.42. The minimum absolute atomic E-state index is 0.255. The molecule has 3 nitrogen and oxygen atoms in total. The number of hydrogen-bond donors (Lipinski definition) is 2.